The van der Waals surface area contributed by atoms with E-state index < -0.39 is 0 Å². The van der Waals surface area contributed by atoms with E-state index in [1.165, 1.54) is 5.56 Å². The van der Waals surface area contributed by atoms with Gasteiger partial charge in [-0.2, -0.15) is 5.10 Å². The van der Waals surface area contributed by atoms with Gasteiger partial charge < -0.3 is 4.98 Å². The molecule has 98 valence electrons. The lowest BCUT2D eigenvalue weighted by molar-refractivity contribution is 0.759. The Morgan fingerprint density at radius 1 is 1.26 bits per heavy atom. The lowest BCUT2D eigenvalue weighted by Crippen LogP contribution is -2.00. The first-order valence-electron chi connectivity index (χ1n) is 6.35. The minimum Gasteiger partial charge on any atom is -0.327 e. The maximum atomic E-state index is 5.44. The smallest absolute Gasteiger partial charge is 0.184 e. The van der Waals surface area contributed by atoms with Gasteiger partial charge >= 0.3 is 0 Å². The van der Waals surface area contributed by atoms with Crippen LogP contribution in [0.5, 0.6) is 0 Å². The fourth-order valence-corrected chi connectivity index (χ4v) is 2.72. The maximum absolute atomic E-state index is 5.44. The summed E-state index contributed by atoms with van der Waals surface area (Å²) in [5.41, 5.74) is 5.37. The monoisotopic (exact) mass is 272 g/mol. The molecule has 0 aliphatic heterocycles. The largest absolute Gasteiger partial charge is 0.327 e. The zero-order chi connectivity index (χ0) is 13.6. The fourth-order valence-electron chi connectivity index (χ4n) is 2.43. The SMILES string of the molecule is CCc1ccc(-n2c(=S)[nH]c3c(C)nn(C)c32)cc1. The summed E-state index contributed by atoms with van der Waals surface area (Å²) in [5, 5.41) is 4.43. The van der Waals surface area contributed by atoms with Gasteiger partial charge in [-0.05, 0) is 43.3 Å². The molecular formula is C14H16N4S. The third-order valence-corrected chi connectivity index (χ3v) is 3.73. The molecule has 0 radical (unpaired) electrons. The van der Waals surface area contributed by atoms with Gasteiger partial charge in [-0.3, -0.25) is 4.57 Å². The lowest BCUT2D eigenvalue weighted by Gasteiger charge is -2.05. The number of nitrogens with one attached hydrogen (secondary N) is 1. The second-order valence-corrected chi connectivity index (χ2v) is 5.08. The summed E-state index contributed by atoms with van der Waals surface area (Å²) < 4.78 is 4.60. The first-order chi connectivity index (χ1) is 9.11. The molecule has 1 aromatic carbocycles. The molecule has 0 aliphatic carbocycles. The normalized spacial score (nSPS) is 11.3. The lowest BCUT2D eigenvalue weighted by atomic mass is 10.1. The first-order valence-corrected chi connectivity index (χ1v) is 6.76. The van der Waals surface area contributed by atoms with Crippen LogP contribution in [0.1, 0.15) is 18.2 Å². The predicted octanol–water partition coefficient (Wildman–Crippen LogP) is 3.29. The van der Waals surface area contributed by atoms with E-state index in [1.807, 2.05) is 23.2 Å². The second kappa shape index (κ2) is 4.35. The van der Waals surface area contributed by atoms with Crippen molar-refractivity contribution in [3.05, 3.63) is 40.3 Å². The van der Waals surface area contributed by atoms with E-state index in [0.717, 1.165) is 29.0 Å². The van der Waals surface area contributed by atoms with Crippen molar-refractivity contribution < 1.29 is 0 Å². The second-order valence-electron chi connectivity index (χ2n) is 4.69. The fraction of sp³-hybridized carbons (Fsp3) is 0.286. The van der Waals surface area contributed by atoms with E-state index in [-0.39, 0.29) is 0 Å². The number of hydrogen-bond donors (Lipinski definition) is 1. The Bertz CT molecular complexity index is 789. The van der Waals surface area contributed by atoms with Crippen LogP contribution in [0, 0.1) is 11.7 Å². The van der Waals surface area contributed by atoms with Crippen molar-refractivity contribution in [3.8, 4) is 5.69 Å². The summed E-state index contributed by atoms with van der Waals surface area (Å²) in [5.74, 6) is 0. The molecule has 3 aromatic rings. The average Bonchev–Trinajstić information content (AvgIpc) is 2.88. The van der Waals surface area contributed by atoms with Crippen molar-refractivity contribution in [2.45, 2.75) is 20.3 Å². The molecule has 0 unspecified atom stereocenters. The molecule has 0 bridgehead atoms. The molecule has 0 atom stereocenters. The Balaban J connectivity index is 2.29. The van der Waals surface area contributed by atoms with Gasteiger partial charge in [0.05, 0.1) is 5.69 Å². The van der Waals surface area contributed by atoms with Gasteiger partial charge in [0.1, 0.15) is 5.52 Å². The number of H-pyrrole nitrogens is 1. The highest BCUT2D eigenvalue weighted by Gasteiger charge is 2.13. The van der Waals surface area contributed by atoms with Crippen LogP contribution < -0.4 is 0 Å². The van der Waals surface area contributed by atoms with Crippen molar-refractivity contribution in [1.29, 1.82) is 0 Å². The van der Waals surface area contributed by atoms with Gasteiger partial charge in [0.25, 0.3) is 0 Å². The topological polar surface area (TPSA) is 38.5 Å². The number of hydrogen-bond acceptors (Lipinski definition) is 2. The maximum Gasteiger partial charge on any atom is 0.184 e. The molecule has 4 nitrogen and oxygen atoms in total. The van der Waals surface area contributed by atoms with Gasteiger partial charge in [-0.25, -0.2) is 4.68 Å². The number of rotatable bonds is 2. The summed E-state index contributed by atoms with van der Waals surface area (Å²) in [6.07, 6.45) is 1.04. The first kappa shape index (κ1) is 12.2. The highest BCUT2D eigenvalue weighted by Crippen LogP contribution is 2.21. The molecule has 0 saturated carbocycles. The highest BCUT2D eigenvalue weighted by molar-refractivity contribution is 7.71. The van der Waals surface area contributed by atoms with E-state index in [4.69, 9.17) is 12.2 Å². The Morgan fingerprint density at radius 3 is 2.58 bits per heavy atom. The summed E-state index contributed by atoms with van der Waals surface area (Å²) in [6, 6.07) is 8.48. The zero-order valence-corrected chi connectivity index (χ0v) is 12.1. The zero-order valence-electron chi connectivity index (χ0n) is 11.3. The highest BCUT2D eigenvalue weighted by atomic mass is 32.1. The van der Waals surface area contributed by atoms with Gasteiger partial charge in [0.15, 0.2) is 10.4 Å². The molecule has 1 N–H and O–H groups in total. The summed E-state index contributed by atoms with van der Waals surface area (Å²) in [7, 11) is 1.94. The number of aromatic amines is 1. The van der Waals surface area contributed by atoms with Gasteiger partial charge in [0.2, 0.25) is 0 Å². The van der Waals surface area contributed by atoms with E-state index in [0.29, 0.717) is 4.77 Å². The third-order valence-electron chi connectivity index (χ3n) is 3.44. The Labute approximate surface area is 116 Å². The van der Waals surface area contributed by atoms with E-state index in [1.54, 1.807) is 0 Å². The number of benzene rings is 1. The van der Waals surface area contributed by atoms with Crippen LogP contribution >= 0.6 is 12.2 Å². The molecule has 0 saturated heterocycles. The number of aryl methyl sites for hydroxylation is 3. The number of nitrogens with zero attached hydrogens (tertiary/aromatic N) is 3. The van der Waals surface area contributed by atoms with Crippen LogP contribution in [-0.2, 0) is 13.5 Å². The van der Waals surface area contributed by atoms with Crippen molar-refractivity contribution >= 4 is 23.4 Å². The predicted molar refractivity (Wildman–Crippen MR) is 79.3 cm³/mol. The average molecular weight is 272 g/mol. The molecule has 3 rings (SSSR count). The van der Waals surface area contributed by atoms with Crippen LogP contribution in [0.2, 0.25) is 0 Å². The van der Waals surface area contributed by atoms with Crippen molar-refractivity contribution in [3.63, 3.8) is 0 Å². The molecule has 0 spiro atoms. The number of fused-ring (bicyclic) bond motifs is 1. The van der Waals surface area contributed by atoms with Crippen molar-refractivity contribution in [1.82, 2.24) is 19.3 Å². The Hall–Kier alpha value is -1.88. The van der Waals surface area contributed by atoms with Gasteiger partial charge in [0, 0.05) is 12.7 Å². The van der Waals surface area contributed by atoms with Gasteiger partial charge in [-0.15, -0.1) is 0 Å². The van der Waals surface area contributed by atoms with Crippen LogP contribution in [0.25, 0.3) is 16.9 Å². The molecule has 2 heterocycles. The summed E-state index contributed by atoms with van der Waals surface area (Å²) >= 11 is 5.44. The van der Waals surface area contributed by atoms with E-state index in [2.05, 4.69) is 41.3 Å². The Morgan fingerprint density at radius 2 is 1.95 bits per heavy atom. The molecule has 0 fully saturated rings. The minimum atomic E-state index is 0.704. The van der Waals surface area contributed by atoms with E-state index >= 15 is 0 Å². The molecule has 0 aliphatic rings. The van der Waals surface area contributed by atoms with Gasteiger partial charge in [-0.1, -0.05) is 19.1 Å². The number of aromatic nitrogens is 4. The molecule has 0 amide bonds. The van der Waals surface area contributed by atoms with Crippen LogP contribution in [-0.4, -0.2) is 19.3 Å². The third kappa shape index (κ3) is 1.81. The molecule has 19 heavy (non-hydrogen) atoms. The molecule has 5 heteroatoms. The standard InChI is InChI=1S/C14H16N4S/c1-4-10-5-7-11(8-6-10)18-13-12(15-14(18)19)9(2)16-17(13)3/h5-8H,4H2,1-3H3,(H,15,19). The van der Waals surface area contributed by atoms with Crippen molar-refractivity contribution in [2.24, 2.45) is 7.05 Å². The molecular weight excluding hydrogens is 256 g/mol. The van der Waals surface area contributed by atoms with Crippen LogP contribution in [0.4, 0.5) is 0 Å². The number of imidazole rings is 1. The van der Waals surface area contributed by atoms with E-state index in [9.17, 15) is 0 Å². The van der Waals surface area contributed by atoms with Crippen LogP contribution in [0.3, 0.4) is 0 Å². The quantitative estimate of drug-likeness (QED) is 0.727. The minimum absolute atomic E-state index is 0.704. The summed E-state index contributed by atoms with van der Waals surface area (Å²) in [6.45, 7) is 4.14. The van der Waals surface area contributed by atoms with Crippen molar-refractivity contribution in [2.75, 3.05) is 0 Å². The summed E-state index contributed by atoms with van der Waals surface area (Å²) in [4.78, 5) is 3.24. The molecule has 2 aromatic heterocycles. The Kier molecular flexibility index (Phi) is 2.78. The van der Waals surface area contributed by atoms with Crippen LogP contribution in [0.15, 0.2) is 24.3 Å².